The Balaban J connectivity index is 1.78. The molecule has 2 heterocycles. The van der Waals surface area contributed by atoms with Gasteiger partial charge in [-0.1, -0.05) is 63.2 Å². The number of epoxide rings is 1. The smallest absolute Gasteiger partial charge is 0.274 e. The van der Waals surface area contributed by atoms with Crippen molar-refractivity contribution in [2.45, 2.75) is 77.1 Å². The number of amides is 3. The van der Waals surface area contributed by atoms with Gasteiger partial charge < -0.3 is 29.9 Å². The fraction of sp³-hybridized carbons (Fsp3) is 0.552. The van der Waals surface area contributed by atoms with Gasteiger partial charge in [0.15, 0.2) is 11.5 Å². The van der Waals surface area contributed by atoms with Gasteiger partial charge in [0.05, 0.1) is 19.3 Å². The molecule has 0 radical (unpaired) electrons. The highest BCUT2D eigenvalue weighted by Crippen LogP contribution is 2.29. The summed E-state index contributed by atoms with van der Waals surface area (Å²) in [5.74, 6) is -1.25. The van der Waals surface area contributed by atoms with Gasteiger partial charge in [-0.15, -0.1) is 0 Å². The van der Waals surface area contributed by atoms with Crippen LogP contribution in [0, 0.1) is 5.92 Å². The number of ether oxygens (including phenoxy) is 2. The highest BCUT2D eigenvalue weighted by molar-refractivity contribution is 5.99. The summed E-state index contributed by atoms with van der Waals surface area (Å²) in [5, 5.41) is 12.0. The Kier molecular flexibility index (Phi) is 10.6. The summed E-state index contributed by atoms with van der Waals surface area (Å²) in [5.41, 5.74) is -0.0691. The molecule has 0 aliphatic carbocycles. The molecule has 40 heavy (non-hydrogen) atoms. The summed E-state index contributed by atoms with van der Waals surface area (Å²) in [6.45, 7) is 9.59. The van der Waals surface area contributed by atoms with Crippen LogP contribution in [-0.4, -0.2) is 72.7 Å². The second-order valence-electron chi connectivity index (χ2n) is 11.1. The molecule has 2 aromatic rings. The van der Waals surface area contributed by atoms with E-state index in [-0.39, 0.29) is 36.3 Å². The third-order valence-corrected chi connectivity index (χ3v) is 6.64. The number of methoxy groups -OCH3 is 1. The van der Waals surface area contributed by atoms with Crippen molar-refractivity contribution in [2.75, 3.05) is 20.3 Å². The van der Waals surface area contributed by atoms with Crippen LogP contribution in [0.3, 0.4) is 0 Å². The van der Waals surface area contributed by atoms with Crippen LogP contribution in [-0.2, 0) is 30.3 Å². The van der Waals surface area contributed by atoms with E-state index in [0.29, 0.717) is 18.8 Å². The van der Waals surface area contributed by atoms with Crippen LogP contribution in [0.2, 0.25) is 0 Å². The molecule has 4 atom stereocenters. The van der Waals surface area contributed by atoms with Crippen molar-refractivity contribution < 1.29 is 33.2 Å². The van der Waals surface area contributed by atoms with E-state index in [1.54, 1.807) is 6.92 Å². The van der Waals surface area contributed by atoms with Gasteiger partial charge in [0, 0.05) is 25.5 Å². The quantitative estimate of drug-likeness (QED) is 0.282. The standard InChI is InChI=1S/C29H40N4O7/c1-17(2)12-20(25(34)29(5)16-39-29)30-26(35)21(13-19-10-8-7-9-11-19)31-28(37)23(15-38-6)32-27(36)22-14-24(18(3)4)40-33-22/h7-11,14,17-18,20-21,23H,12-13,15-16H2,1-6H3,(H,30,35)(H,31,37)(H,32,36). The fourth-order valence-corrected chi connectivity index (χ4v) is 4.18. The first-order chi connectivity index (χ1) is 18.9. The number of Topliss-reactive ketones (excluding diaryl/α,β-unsaturated/α-hetero) is 1. The topological polar surface area (TPSA) is 152 Å². The average Bonchev–Trinajstić information content (AvgIpc) is 3.45. The molecule has 1 aliphatic rings. The third kappa shape index (κ3) is 8.46. The molecule has 218 valence electrons. The van der Waals surface area contributed by atoms with Gasteiger partial charge in [0.2, 0.25) is 11.8 Å². The fourth-order valence-electron chi connectivity index (χ4n) is 4.18. The molecule has 4 unspecified atom stereocenters. The van der Waals surface area contributed by atoms with E-state index in [4.69, 9.17) is 14.0 Å². The van der Waals surface area contributed by atoms with Crippen molar-refractivity contribution in [1.29, 1.82) is 0 Å². The van der Waals surface area contributed by atoms with E-state index >= 15 is 0 Å². The molecule has 1 fully saturated rings. The molecule has 11 heteroatoms. The summed E-state index contributed by atoms with van der Waals surface area (Å²) in [6.07, 6.45) is 0.595. The highest BCUT2D eigenvalue weighted by atomic mass is 16.6. The lowest BCUT2D eigenvalue weighted by Gasteiger charge is -2.26. The zero-order valence-corrected chi connectivity index (χ0v) is 24.0. The molecule has 3 rings (SSSR count). The van der Waals surface area contributed by atoms with Crippen LogP contribution in [0.1, 0.15) is 68.8 Å². The van der Waals surface area contributed by atoms with Crippen molar-refractivity contribution in [2.24, 2.45) is 5.92 Å². The predicted octanol–water partition coefficient (Wildman–Crippen LogP) is 2.16. The van der Waals surface area contributed by atoms with E-state index in [9.17, 15) is 19.2 Å². The number of hydrogen-bond donors (Lipinski definition) is 3. The molecule has 1 saturated heterocycles. The molecule has 3 N–H and O–H groups in total. The summed E-state index contributed by atoms with van der Waals surface area (Å²) in [7, 11) is 1.40. The lowest BCUT2D eigenvalue weighted by Crippen LogP contribution is -2.58. The number of carbonyl (C=O) groups is 4. The monoisotopic (exact) mass is 556 g/mol. The van der Waals surface area contributed by atoms with Crippen LogP contribution in [0.5, 0.6) is 0 Å². The molecular formula is C29H40N4O7. The van der Waals surface area contributed by atoms with Gasteiger partial charge in [0.1, 0.15) is 23.4 Å². The second-order valence-corrected chi connectivity index (χ2v) is 11.1. The summed E-state index contributed by atoms with van der Waals surface area (Å²) < 4.78 is 15.7. The van der Waals surface area contributed by atoms with E-state index in [0.717, 1.165) is 5.56 Å². The van der Waals surface area contributed by atoms with Crippen molar-refractivity contribution in [3.8, 4) is 0 Å². The molecule has 3 amide bonds. The molecular weight excluding hydrogens is 516 g/mol. The summed E-state index contributed by atoms with van der Waals surface area (Å²) in [6, 6.07) is 7.80. The summed E-state index contributed by atoms with van der Waals surface area (Å²) in [4.78, 5) is 52.8. The largest absolute Gasteiger partial charge is 0.382 e. The Labute approximate surface area is 234 Å². The lowest BCUT2D eigenvalue weighted by atomic mass is 9.93. The minimum absolute atomic E-state index is 0.0296. The Morgan fingerprint density at radius 2 is 1.60 bits per heavy atom. The number of nitrogens with zero attached hydrogens (tertiary/aromatic N) is 1. The molecule has 0 bridgehead atoms. The van der Waals surface area contributed by atoms with Crippen molar-refractivity contribution in [3.05, 3.63) is 53.4 Å². The maximum Gasteiger partial charge on any atom is 0.274 e. The first kappa shape index (κ1) is 31.0. The number of aromatic nitrogens is 1. The van der Waals surface area contributed by atoms with Crippen molar-refractivity contribution in [3.63, 3.8) is 0 Å². The normalized spacial score (nSPS) is 18.6. The minimum Gasteiger partial charge on any atom is -0.382 e. The van der Waals surface area contributed by atoms with Gasteiger partial charge in [-0.3, -0.25) is 19.2 Å². The molecule has 1 aromatic carbocycles. The van der Waals surface area contributed by atoms with Gasteiger partial charge in [0.25, 0.3) is 5.91 Å². The zero-order valence-electron chi connectivity index (χ0n) is 24.0. The van der Waals surface area contributed by atoms with E-state index in [1.165, 1.54) is 13.2 Å². The maximum atomic E-state index is 13.6. The second kappa shape index (κ2) is 13.7. The van der Waals surface area contributed by atoms with Gasteiger partial charge >= 0.3 is 0 Å². The first-order valence-corrected chi connectivity index (χ1v) is 13.5. The molecule has 0 spiro atoms. The first-order valence-electron chi connectivity index (χ1n) is 13.5. The third-order valence-electron chi connectivity index (χ3n) is 6.64. The lowest BCUT2D eigenvalue weighted by molar-refractivity contribution is -0.133. The number of hydrogen-bond acceptors (Lipinski definition) is 8. The molecule has 1 aromatic heterocycles. The minimum atomic E-state index is -1.12. The van der Waals surface area contributed by atoms with Crippen molar-refractivity contribution in [1.82, 2.24) is 21.1 Å². The van der Waals surface area contributed by atoms with Crippen LogP contribution in [0.4, 0.5) is 0 Å². The number of rotatable bonds is 15. The Morgan fingerprint density at radius 1 is 0.975 bits per heavy atom. The van der Waals surface area contributed by atoms with Gasteiger partial charge in [-0.25, -0.2) is 0 Å². The van der Waals surface area contributed by atoms with Gasteiger partial charge in [-0.05, 0) is 24.8 Å². The predicted molar refractivity (Wildman–Crippen MR) is 147 cm³/mol. The average molecular weight is 557 g/mol. The molecule has 11 nitrogen and oxygen atoms in total. The molecule has 0 saturated carbocycles. The SMILES string of the molecule is COCC(NC(=O)c1cc(C(C)C)on1)C(=O)NC(Cc1ccccc1)C(=O)NC(CC(C)C)C(=O)C1(C)CO1. The van der Waals surface area contributed by atoms with Crippen LogP contribution >= 0.6 is 0 Å². The number of benzene rings is 1. The number of carbonyl (C=O) groups excluding carboxylic acids is 4. The van der Waals surface area contributed by atoms with Gasteiger partial charge in [-0.2, -0.15) is 0 Å². The Bertz CT molecular complexity index is 1170. The highest BCUT2D eigenvalue weighted by Gasteiger charge is 2.50. The Morgan fingerprint density at radius 3 is 2.15 bits per heavy atom. The maximum absolute atomic E-state index is 13.6. The zero-order chi connectivity index (χ0) is 29.4. The van der Waals surface area contributed by atoms with Crippen molar-refractivity contribution >= 4 is 23.5 Å². The number of nitrogens with one attached hydrogen (secondary N) is 3. The Hall–Kier alpha value is -3.57. The molecule has 1 aliphatic heterocycles. The van der Waals surface area contributed by atoms with Crippen LogP contribution < -0.4 is 16.0 Å². The number of ketones is 1. The van der Waals surface area contributed by atoms with E-state index < -0.39 is 41.4 Å². The van der Waals surface area contributed by atoms with E-state index in [2.05, 4.69) is 21.1 Å². The summed E-state index contributed by atoms with van der Waals surface area (Å²) >= 11 is 0. The van der Waals surface area contributed by atoms with Crippen LogP contribution in [0.15, 0.2) is 40.9 Å². The van der Waals surface area contributed by atoms with Crippen LogP contribution in [0.25, 0.3) is 0 Å². The van der Waals surface area contributed by atoms with E-state index in [1.807, 2.05) is 58.0 Å².